The molecule has 3 heteroatoms. The summed E-state index contributed by atoms with van der Waals surface area (Å²) in [7, 11) is 0. The first-order valence-electron chi connectivity index (χ1n) is 4.76. The van der Waals surface area contributed by atoms with Gasteiger partial charge < -0.3 is 11.1 Å². The molecule has 1 amide bonds. The molecule has 1 unspecified atom stereocenters. The van der Waals surface area contributed by atoms with E-state index in [0.29, 0.717) is 12.3 Å². The van der Waals surface area contributed by atoms with Crippen molar-refractivity contribution in [1.82, 2.24) is 5.32 Å². The third-order valence-corrected chi connectivity index (χ3v) is 3.36. The van der Waals surface area contributed by atoms with Crippen molar-refractivity contribution in [3.05, 3.63) is 0 Å². The molecule has 0 radical (unpaired) electrons. The predicted molar refractivity (Wildman–Crippen MR) is 46.5 cm³/mol. The highest BCUT2D eigenvalue weighted by atomic mass is 16.1. The van der Waals surface area contributed by atoms with E-state index in [4.69, 9.17) is 5.73 Å². The van der Waals surface area contributed by atoms with Crippen LogP contribution in [0, 0.1) is 5.92 Å². The number of amides is 1. The minimum atomic E-state index is 0.0632. The van der Waals surface area contributed by atoms with E-state index >= 15 is 0 Å². The fourth-order valence-electron chi connectivity index (χ4n) is 2.22. The summed E-state index contributed by atoms with van der Waals surface area (Å²) in [5, 5.41) is 2.89. The maximum absolute atomic E-state index is 10.9. The second-order valence-electron chi connectivity index (χ2n) is 4.13. The normalized spacial score (nSPS) is 33.8. The van der Waals surface area contributed by atoms with Gasteiger partial charge in [-0.1, -0.05) is 0 Å². The van der Waals surface area contributed by atoms with Gasteiger partial charge in [0.25, 0.3) is 0 Å². The van der Waals surface area contributed by atoms with Gasteiger partial charge in [-0.3, -0.25) is 4.79 Å². The fraction of sp³-hybridized carbons (Fsp3) is 0.889. The second kappa shape index (κ2) is 2.73. The summed E-state index contributed by atoms with van der Waals surface area (Å²) in [6, 6.07) is 0. The van der Waals surface area contributed by atoms with Crippen LogP contribution >= 0.6 is 0 Å². The third-order valence-electron chi connectivity index (χ3n) is 3.36. The Bertz CT molecular complexity index is 189. The zero-order valence-electron chi connectivity index (χ0n) is 7.31. The number of rotatable bonds is 1. The molecule has 2 rings (SSSR count). The van der Waals surface area contributed by atoms with E-state index in [1.54, 1.807) is 0 Å². The summed E-state index contributed by atoms with van der Waals surface area (Å²) >= 11 is 0. The van der Waals surface area contributed by atoms with E-state index < -0.39 is 0 Å². The van der Waals surface area contributed by atoms with Gasteiger partial charge in [0.05, 0.1) is 0 Å². The minimum absolute atomic E-state index is 0.0632. The maximum atomic E-state index is 10.9. The van der Waals surface area contributed by atoms with Gasteiger partial charge in [-0.25, -0.2) is 0 Å². The van der Waals surface area contributed by atoms with Crippen LogP contribution in [0.3, 0.4) is 0 Å². The van der Waals surface area contributed by atoms with E-state index in [-0.39, 0.29) is 11.4 Å². The molecule has 3 N–H and O–H groups in total. The average Bonchev–Trinajstić information content (AvgIpc) is 2.02. The minimum Gasteiger partial charge on any atom is -0.356 e. The smallest absolute Gasteiger partial charge is 0.220 e. The molecule has 1 aliphatic carbocycles. The van der Waals surface area contributed by atoms with Gasteiger partial charge in [-0.15, -0.1) is 0 Å². The molecule has 2 fully saturated rings. The van der Waals surface area contributed by atoms with Crippen LogP contribution in [0.4, 0.5) is 0 Å². The standard InChI is InChI=1S/C9H16N2O/c10-9(4-1-5-9)7-2-3-8(12)11-6-7/h7H,1-6,10H2,(H,11,12). The van der Waals surface area contributed by atoms with Crippen LogP contribution in [0.2, 0.25) is 0 Å². The Morgan fingerprint density at radius 2 is 2.25 bits per heavy atom. The van der Waals surface area contributed by atoms with Crippen LogP contribution in [0.25, 0.3) is 0 Å². The second-order valence-corrected chi connectivity index (χ2v) is 4.13. The molecular weight excluding hydrogens is 152 g/mol. The van der Waals surface area contributed by atoms with Gasteiger partial charge in [0.2, 0.25) is 5.91 Å². The molecule has 12 heavy (non-hydrogen) atoms. The summed E-state index contributed by atoms with van der Waals surface area (Å²) in [6.45, 7) is 0.801. The Balaban J connectivity index is 1.92. The summed E-state index contributed by atoms with van der Waals surface area (Å²) < 4.78 is 0. The highest BCUT2D eigenvalue weighted by molar-refractivity contribution is 5.76. The molecule has 0 aromatic carbocycles. The average molecular weight is 168 g/mol. The molecule has 0 aromatic heterocycles. The monoisotopic (exact) mass is 168 g/mol. The van der Waals surface area contributed by atoms with Crippen LogP contribution in [0.5, 0.6) is 0 Å². The Hall–Kier alpha value is -0.570. The van der Waals surface area contributed by atoms with Crippen LogP contribution < -0.4 is 11.1 Å². The molecular formula is C9H16N2O. The lowest BCUT2D eigenvalue weighted by Crippen LogP contribution is -2.57. The molecule has 68 valence electrons. The van der Waals surface area contributed by atoms with E-state index in [9.17, 15) is 4.79 Å². The summed E-state index contributed by atoms with van der Waals surface area (Å²) in [4.78, 5) is 10.9. The number of carbonyl (C=O) groups is 1. The summed E-state index contributed by atoms with van der Waals surface area (Å²) in [5.41, 5.74) is 6.23. The first-order valence-corrected chi connectivity index (χ1v) is 4.76. The lowest BCUT2D eigenvalue weighted by atomic mass is 9.66. The Morgan fingerprint density at radius 1 is 1.50 bits per heavy atom. The quantitative estimate of drug-likeness (QED) is 0.595. The van der Waals surface area contributed by atoms with Gasteiger partial charge in [0.1, 0.15) is 0 Å². The lowest BCUT2D eigenvalue weighted by molar-refractivity contribution is -0.123. The van der Waals surface area contributed by atoms with Crippen LogP contribution in [0.1, 0.15) is 32.1 Å². The van der Waals surface area contributed by atoms with Crippen molar-refractivity contribution >= 4 is 5.91 Å². The molecule has 1 saturated heterocycles. The molecule has 1 heterocycles. The molecule has 1 saturated carbocycles. The predicted octanol–water partition coefficient (Wildman–Crippen LogP) is 0.394. The van der Waals surface area contributed by atoms with Crippen molar-refractivity contribution in [3.8, 4) is 0 Å². The molecule has 3 nitrogen and oxygen atoms in total. The highest BCUT2D eigenvalue weighted by Crippen LogP contribution is 2.38. The van der Waals surface area contributed by atoms with Gasteiger partial charge >= 0.3 is 0 Å². The van der Waals surface area contributed by atoms with E-state index in [2.05, 4.69) is 5.32 Å². The number of hydrogen-bond donors (Lipinski definition) is 2. The van der Waals surface area contributed by atoms with Crippen molar-refractivity contribution < 1.29 is 4.79 Å². The number of carbonyl (C=O) groups excluding carboxylic acids is 1. The summed E-state index contributed by atoms with van der Waals surface area (Å²) in [6.07, 6.45) is 5.22. The fourth-order valence-corrected chi connectivity index (χ4v) is 2.22. The van der Waals surface area contributed by atoms with Gasteiger partial charge in [-0.05, 0) is 31.6 Å². The van der Waals surface area contributed by atoms with Crippen LogP contribution in [-0.4, -0.2) is 18.0 Å². The number of hydrogen-bond acceptors (Lipinski definition) is 2. The van der Waals surface area contributed by atoms with Crippen molar-refractivity contribution in [1.29, 1.82) is 0 Å². The molecule has 0 aromatic rings. The van der Waals surface area contributed by atoms with Gasteiger partial charge in [0, 0.05) is 18.5 Å². The molecule has 0 bridgehead atoms. The molecule has 2 aliphatic rings. The van der Waals surface area contributed by atoms with Gasteiger partial charge in [-0.2, -0.15) is 0 Å². The largest absolute Gasteiger partial charge is 0.356 e. The van der Waals surface area contributed by atoms with Crippen LogP contribution in [0.15, 0.2) is 0 Å². The van der Waals surface area contributed by atoms with Crippen molar-refractivity contribution in [3.63, 3.8) is 0 Å². The first kappa shape index (κ1) is 8.05. The number of piperidine rings is 1. The Labute approximate surface area is 72.7 Å². The van der Waals surface area contributed by atoms with E-state index in [1.165, 1.54) is 6.42 Å². The maximum Gasteiger partial charge on any atom is 0.220 e. The lowest BCUT2D eigenvalue weighted by Gasteiger charge is -2.46. The third kappa shape index (κ3) is 1.22. The van der Waals surface area contributed by atoms with Crippen LogP contribution in [-0.2, 0) is 4.79 Å². The molecule has 1 aliphatic heterocycles. The topological polar surface area (TPSA) is 55.1 Å². The van der Waals surface area contributed by atoms with Gasteiger partial charge in [0.15, 0.2) is 0 Å². The van der Waals surface area contributed by atoms with Crippen molar-refractivity contribution in [2.24, 2.45) is 11.7 Å². The summed E-state index contributed by atoms with van der Waals surface area (Å²) in [5.74, 6) is 0.720. The number of nitrogens with one attached hydrogen (secondary N) is 1. The van der Waals surface area contributed by atoms with E-state index in [0.717, 1.165) is 25.8 Å². The van der Waals surface area contributed by atoms with E-state index in [1.807, 2.05) is 0 Å². The molecule has 0 spiro atoms. The zero-order chi connectivity index (χ0) is 8.60. The number of nitrogens with two attached hydrogens (primary N) is 1. The SMILES string of the molecule is NC1(C2CCC(=O)NC2)CCC1. The first-order chi connectivity index (χ1) is 5.71. The Morgan fingerprint density at radius 3 is 2.67 bits per heavy atom. The van der Waals surface area contributed by atoms with Crippen molar-refractivity contribution in [2.45, 2.75) is 37.6 Å². The molecule has 1 atom stereocenters. The van der Waals surface area contributed by atoms with Crippen molar-refractivity contribution in [2.75, 3.05) is 6.54 Å². The Kier molecular flexibility index (Phi) is 1.83. The highest BCUT2D eigenvalue weighted by Gasteiger charge is 2.41. The zero-order valence-corrected chi connectivity index (χ0v) is 7.31.